The van der Waals surface area contributed by atoms with Gasteiger partial charge in [-0.05, 0) is 43.9 Å². The second-order valence-electron chi connectivity index (χ2n) is 13.6. The van der Waals surface area contributed by atoms with Crippen molar-refractivity contribution in [1.82, 2.24) is 4.90 Å². The highest BCUT2D eigenvalue weighted by molar-refractivity contribution is 5.95. The van der Waals surface area contributed by atoms with Crippen LogP contribution in [0.3, 0.4) is 0 Å². The molecule has 6 aliphatic rings. The van der Waals surface area contributed by atoms with Crippen LogP contribution in [0.15, 0.2) is 24.3 Å². The molecule has 5 N–H and O–H groups in total. The van der Waals surface area contributed by atoms with Crippen molar-refractivity contribution in [2.45, 2.75) is 74.3 Å². The average molecular weight is 573 g/mol. The third-order valence-corrected chi connectivity index (χ3v) is 12.7. The SMILES string of the molecule is CCN1C[C@]2(COC(=O)c3ccccc3N)CCC(OC)C34C5CC6C(O)C5[C@](O)(C[C@@H]6OC)C(O)(C(OC)C32)C14. The number of carbonyl (C=O) groups is 1. The summed E-state index contributed by atoms with van der Waals surface area (Å²) in [5, 5.41) is 37.7. The maximum atomic E-state index is 13.3. The van der Waals surface area contributed by atoms with Crippen LogP contribution in [0.25, 0.3) is 0 Å². The quantitative estimate of drug-likeness (QED) is 0.277. The Kier molecular flexibility index (Phi) is 6.22. The van der Waals surface area contributed by atoms with Crippen LogP contribution in [0.4, 0.5) is 5.69 Å². The smallest absolute Gasteiger partial charge is 0.340 e. The van der Waals surface area contributed by atoms with Gasteiger partial charge in [-0.2, -0.15) is 0 Å². The fourth-order valence-electron chi connectivity index (χ4n) is 11.7. The Balaban J connectivity index is 1.40. The predicted octanol–water partition coefficient (Wildman–Crippen LogP) is 1.06. The number of hydrogen-bond donors (Lipinski definition) is 4. The highest BCUT2D eigenvalue weighted by Gasteiger charge is 2.91. The highest BCUT2D eigenvalue weighted by atomic mass is 16.5. The Labute approximate surface area is 241 Å². The second kappa shape index (κ2) is 9.11. The van der Waals surface area contributed by atoms with E-state index in [-0.39, 0.29) is 43.0 Å². The lowest BCUT2D eigenvalue weighted by Crippen LogP contribution is -2.82. The number of methoxy groups -OCH3 is 3. The topological polar surface area (TPSA) is 144 Å². The molecule has 1 saturated heterocycles. The summed E-state index contributed by atoms with van der Waals surface area (Å²) in [5.41, 5.74) is 2.26. The van der Waals surface area contributed by atoms with Gasteiger partial charge in [0.25, 0.3) is 0 Å². The molecule has 10 heteroatoms. The molecule has 226 valence electrons. The zero-order chi connectivity index (χ0) is 29.1. The number of benzene rings is 1. The number of nitrogen functional groups attached to an aromatic ring is 1. The van der Waals surface area contributed by atoms with Gasteiger partial charge in [0.05, 0.1) is 42.6 Å². The zero-order valence-electron chi connectivity index (χ0n) is 24.4. The first-order valence-corrected chi connectivity index (χ1v) is 15.1. The molecule has 7 rings (SSSR count). The van der Waals surface area contributed by atoms with Gasteiger partial charge >= 0.3 is 5.97 Å². The summed E-state index contributed by atoms with van der Waals surface area (Å²) >= 11 is 0. The first-order valence-electron chi connectivity index (χ1n) is 15.1. The minimum atomic E-state index is -1.70. The molecule has 0 radical (unpaired) electrons. The summed E-state index contributed by atoms with van der Waals surface area (Å²) in [5.74, 6) is -1.57. The molecular formula is C31H44N2O8. The van der Waals surface area contributed by atoms with E-state index in [4.69, 9.17) is 24.7 Å². The van der Waals surface area contributed by atoms with Crippen molar-refractivity contribution < 1.29 is 39.1 Å². The number of likely N-dealkylation sites (N-methyl/N-ethyl adjacent to an activating group) is 1. The summed E-state index contributed by atoms with van der Waals surface area (Å²) in [4.78, 5) is 15.6. The Morgan fingerprint density at radius 3 is 2.56 bits per heavy atom. The van der Waals surface area contributed by atoms with Crippen molar-refractivity contribution in [3.05, 3.63) is 29.8 Å². The van der Waals surface area contributed by atoms with Crippen molar-refractivity contribution in [3.63, 3.8) is 0 Å². The molecule has 1 aliphatic heterocycles. The standard InChI is InChI=1S/C31H44N2O8/c1-5-33-14-28(15-41-26(35)16-8-6-7-9-19(16)32)11-10-21(39-3)30-18-12-17-20(38-2)13-29(36,22(18)23(17)34)31(37,27(30)33)25(40-4)24(28)30/h6-9,17-18,20-25,27,34,36-37H,5,10-15,32H2,1-4H3/t17?,18?,20-,21?,22?,23?,24?,25?,27?,28-,29+,30?,31?/m0/s1. The summed E-state index contributed by atoms with van der Waals surface area (Å²) in [6.45, 7) is 3.41. The largest absolute Gasteiger partial charge is 0.461 e. The first-order chi connectivity index (χ1) is 19.6. The number of aliphatic hydroxyl groups excluding tert-OH is 1. The van der Waals surface area contributed by atoms with Gasteiger partial charge in [-0.15, -0.1) is 0 Å². The maximum Gasteiger partial charge on any atom is 0.340 e. The Hall–Kier alpha value is -1.79. The Bertz CT molecular complexity index is 1230. The normalized spacial score (nSPS) is 51.0. The first kappa shape index (κ1) is 28.0. The zero-order valence-corrected chi connectivity index (χ0v) is 24.4. The molecule has 0 amide bonds. The minimum absolute atomic E-state index is 0.130. The van der Waals surface area contributed by atoms with Gasteiger partial charge in [0, 0.05) is 68.6 Å². The molecule has 6 fully saturated rings. The second-order valence-corrected chi connectivity index (χ2v) is 13.6. The molecule has 1 aromatic carbocycles. The number of aliphatic hydroxyl groups is 3. The lowest BCUT2D eigenvalue weighted by molar-refractivity contribution is -0.318. The predicted molar refractivity (Wildman–Crippen MR) is 148 cm³/mol. The van der Waals surface area contributed by atoms with E-state index in [2.05, 4.69) is 11.8 Å². The van der Waals surface area contributed by atoms with Crippen molar-refractivity contribution in [1.29, 1.82) is 0 Å². The van der Waals surface area contributed by atoms with Gasteiger partial charge < -0.3 is 40.0 Å². The van der Waals surface area contributed by atoms with Crippen LogP contribution in [0.1, 0.15) is 43.0 Å². The third kappa shape index (κ3) is 3.05. The molecule has 10 nitrogen and oxygen atoms in total. The van der Waals surface area contributed by atoms with Crippen molar-refractivity contribution in [3.8, 4) is 0 Å². The van der Waals surface area contributed by atoms with Crippen LogP contribution in [-0.4, -0.2) is 109 Å². The molecule has 1 aromatic rings. The van der Waals surface area contributed by atoms with Gasteiger partial charge in [0.2, 0.25) is 0 Å². The number of ether oxygens (including phenoxy) is 4. The summed E-state index contributed by atoms with van der Waals surface area (Å²) in [6, 6.07) is 6.44. The van der Waals surface area contributed by atoms with Gasteiger partial charge in [-0.25, -0.2) is 4.79 Å². The summed E-state index contributed by atoms with van der Waals surface area (Å²) in [6.07, 6.45) is 0.133. The van der Waals surface area contributed by atoms with Gasteiger partial charge in [-0.1, -0.05) is 19.1 Å². The number of esters is 1. The fraction of sp³-hybridized carbons (Fsp3) is 0.774. The number of carbonyl (C=O) groups excluding carboxylic acids is 1. The van der Waals surface area contributed by atoms with E-state index in [1.165, 1.54) is 0 Å². The fourth-order valence-corrected chi connectivity index (χ4v) is 11.7. The van der Waals surface area contributed by atoms with E-state index in [0.717, 1.165) is 0 Å². The van der Waals surface area contributed by atoms with Crippen LogP contribution in [-0.2, 0) is 18.9 Å². The maximum absolute atomic E-state index is 13.3. The van der Waals surface area contributed by atoms with Crippen molar-refractivity contribution in [2.24, 2.45) is 34.5 Å². The van der Waals surface area contributed by atoms with Gasteiger partial charge in [-0.3, -0.25) is 4.90 Å². The number of anilines is 1. The van der Waals surface area contributed by atoms with E-state index in [1.54, 1.807) is 45.6 Å². The Morgan fingerprint density at radius 1 is 1.15 bits per heavy atom. The molecule has 5 aliphatic carbocycles. The van der Waals surface area contributed by atoms with Crippen molar-refractivity contribution in [2.75, 3.05) is 46.8 Å². The summed E-state index contributed by atoms with van der Waals surface area (Å²) < 4.78 is 24.6. The summed E-state index contributed by atoms with van der Waals surface area (Å²) in [7, 11) is 4.94. The Morgan fingerprint density at radius 2 is 1.90 bits per heavy atom. The van der Waals surface area contributed by atoms with E-state index in [9.17, 15) is 20.1 Å². The van der Waals surface area contributed by atoms with Crippen LogP contribution in [0.2, 0.25) is 0 Å². The van der Waals surface area contributed by atoms with Crippen LogP contribution >= 0.6 is 0 Å². The highest BCUT2D eigenvalue weighted by Crippen LogP contribution is 2.80. The van der Waals surface area contributed by atoms with Crippen LogP contribution in [0.5, 0.6) is 0 Å². The van der Waals surface area contributed by atoms with Crippen LogP contribution in [0, 0.1) is 34.5 Å². The van der Waals surface area contributed by atoms with E-state index in [0.29, 0.717) is 43.6 Å². The number of para-hydroxylation sites is 1. The minimum Gasteiger partial charge on any atom is -0.461 e. The third-order valence-electron chi connectivity index (χ3n) is 12.7. The van der Waals surface area contributed by atoms with E-state index in [1.807, 2.05) is 0 Å². The number of fused-ring (bicyclic) bond motifs is 2. The number of likely N-dealkylation sites (tertiary alicyclic amines) is 1. The molecule has 10 unspecified atom stereocenters. The molecule has 1 heterocycles. The number of nitrogens with two attached hydrogens (primary N) is 1. The monoisotopic (exact) mass is 572 g/mol. The van der Waals surface area contributed by atoms with Gasteiger partial charge in [0.15, 0.2) is 0 Å². The lowest BCUT2D eigenvalue weighted by atomic mass is 9.42. The molecule has 13 atom stereocenters. The lowest BCUT2D eigenvalue weighted by Gasteiger charge is -2.70. The van der Waals surface area contributed by atoms with Gasteiger partial charge in [0.1, 0.15) is 11.2 Å². The number of nitrogens with zero attached hydrogens (tertiary/aromatic N) is 1. The molecule has 41 heavy (non-hydrogen) atoms. The van der Waals surface area contributed by atoms with Crippen molar-refractivity contribution >= 4 is 11.7 Å². The molecule has 5 saturated carbocycles. The van der Waals surface area contributed by atoms with E-state index >= 15 is 0 Å². The number of hydrogen-bond acceptors (Lipinski definition) is 10. The molecular weight excluding hydrogens is 528 g/mol. The number of piperidine rings is 1. The molecule has 1 spiro atoms. The number of rotatable bonds is 7. The van der Waals surface area contributed by atoms with Crippen LogP contribution < -0.4 is 5.73 Å². The molecule has 7 bridgehead atoms. The average Bonchev–Trinajstić information content (AvgIpc) is 3.33. The van der Waals surface area contributed by atoms with E-state index < -0.39 is 52.2 Å². The molecule has 0 aromatic heterocycles.